The average molecular weight is 425 g/mol. The highest BCUT2D eigenvalue weighted by Gasteiger charge is 2.34. The molecular formula is C23H25BrN2O. The number of rotatable bonds is 4. The summed E-state index contributed by atoms with van der Waals surface area (Å²) in [5, 5.41) is 11.4. The maximum Gasteiger partial charge on any atom is 0.0995 e. The van der Waals surface area contributed by atoms with E-state index in [1.165, 1.54) is 24.0 Å². The third kappa shape index (κ3) is 3.34. The lowest BCUT2D eigenvalue weighted by Crippen LogP contribution is -2.22. The predicted octanol–water partition coefficient (Wildman–Crippen LogP) is 5.98. The Bertz CT molecular complexity index is 937. The van der Waals surface area contributed by atoms with E-state index in [1.54, 1.807) is 0 Å². The van der Waals surface area contributed by atoms with Crippen molar-refractivity contribution >= 4 is 21.4 Å². The first-order chi connectivity index (χ1) is 13.2. The molecule has 2 heterocycles. The molecule has 0 unspecified atom stereocenters. The lowest BCUT2D eigenvalue weighted by atomic mass is 9.75. The van der Waals surface area contributed by atoms with Gasteiger partial charge in [-0.2, -0.15) is 0 Å². The van der Waals surface area contributed by atoms with Gasteiger partial charge < -0.3 is 9.51 Å². The fraction of sp³-hybridized carbons (Fsp3) is 0.435. The molecule has 4 heteroatoms. The SMILES string of the molecule is O[C@H](c1c(C2CC2)ccc2cncn12)[C@H]1CC[C@H](c2ccc(Br)cc2)CC1. The van der Waals surface area contributed by atoms with Crippen LogP contribution in [0, 0.1) is 5.92 Å². The Balaban J connectivity index is 1.37. The zero-order valence-corrected chi connectivity index (χ0v) is 17.0. The van der Waals surface area contributed by atoms with E-state index >= 15 is 0 Å². The molecule has 5 rings (SSSR count). The minimum absolute atomic E-state index is 0.335. The minimum atomic E-state index is -0.399. The van der Waals surface area contributed by atoms with Crippen LogP contribution in [0.3, 0.4) is 0 Å². The van der Waals surface area contributed by atoms with E-state index in [4.69, 9.17) is 0 Å². The van der Waals surface area contributed by atoms with Crippen LogP contribution in [-0.4, -0.2) is 14.5 Å². The third-order valence-corrected chi connectivity index (χ3v) is 7.04. The van der Waals surface area contributed by atoms with Crippen molar-refractivity contribution < 1.29 is 5.11 Å². The van der Waals surface area contributed by atoms with Gasteiger partial charge in [0.25, 0.3) is 0 Å². The molecule has 0 radical (unpaired) electrons. The monoisotopic (exact) mass is 424 g/mol. The van der Waals surface area contributed by atoms with E-state index in [-0.39, 0.29) is 0 Å². The van der Waals surface area contributed by atoms with Crippen molar-refractivity contribution in [1.82, 2.24) is 9.38 Å². The molecule has 2 aromatic heterocycles. The number of hydrogen-bond donors (Lipinski definition) is 1. The number of aromatic nitrogens is 2. The van der Waals surface area contributed by atoms with Crippen molar-refractivity contribution in [2.24, 2.45) is 5.92 Å². The molecule has 0 amide bonds. The van der Waals surface area contributed by atoms with Crippen molar-refractivity contribution in [1.29, 1.82) is 0 Å². The maximum atomic E-state index is 11.4. The number of nitrogens with zero attached hydrogens (tertiary/aromatic N) is 2. The van der Waals surface area contributed by atoms with Crippen molar-refractivity contribution in [2.75, 3.05) is 0 Å². The molecule has 1 aromatic carbocycles. The number of hydrogen-bond acceptors (Lipinski definition) is 2. The summed E-state index contributed by atoms with van der Waals surface area (Å²) in [7, 11) is 0. The van der Waals surface area contributed by atoms with Crippen LogP contribution in [0.15, 0.2) is 53.4 Å². The summed E-state index contributed by atoms with van der Waals surface area (Å²) in [6.45, 7) is 0. The summed E-state index contributed by atoms with van der Waals surface area (Å²) in [6.07, 6.45) is 10.3. The van der Waals surface area contributed by atoms with Gasteiger partial charge in [0.05, 0.1) is 29.8 Å². The van der Waals surface area contributed by atoms with Gasteiger partial charge in [0.1, 0.15) is 0 Å². The lowest BCUT2D eigenvalue weighted by molar-refractivity contribution is 0.0754. The van der Waals surface area contributed by atoms with Crippen LogP contribution in [0.4, 0.5) is 0 Å². The summed E-state index contributed by atoms with van der Waals surface area (Å²) in [6, 6.07) is 13.1. The molecule has 27 heavy (non-hydrogen) atoms. The number of halogens is 1. The van der Waals surface area contributed by atoms with Crippen LogP contribution in [0.2, 0.25) is 0 Å². The lowest BCUT2D eigenvalue weighted by Gasteiger charge is -2.33. The highest BCUT2D eigenvalue weighted by Crippen LogP contribution is 2.47. The molecule has 2 aliphatic rings. The zero-order valence-electron chi connectivity index (χ0n) is 15.4. The van der Waals surface area contributed by atoms with E-state index in [1.807, 2.05) is 12.5 Å². The second kappa shape index (κ2) is 7.06. The summed E-state index contributed by atoms with van der Waals surface area (Å²) < 4.78 is 3.26. The summed E-state index contributed by atoms with van der Waals surface area (Å²) in [4.78, 5) is 4.32. The van der Waals surface area contributed by atoms with E-state index in [0.717, 1.165) is 41.4 Å². The van der Waals surface area contributed by atoms with Gasteiger partial charge in [-0.1, -0.05) is 34.1 Å². The Morgan fingerprint density at radius 3 is 2.33 bits per heavy atom. The van der Waals surface area contributed by atoms with E-state index in [2.05, 4.69) is 61.7 Å². The van der Waals surface area contributed by atoms with Gasteiger partial charge in [-0.25, -0.2) is 4.98 Å². The van der Waals surface area contributed by atoms with Crippen molar-refractivity contribution in [3.05, 3.63) is 70.2 Å². The Hall–Kier alpha value is -1.65. The summed E-state index contributed by atoms with van der Waals surface area (Å²) in [5.74, 6) is 1.58. The Morgan fingerprint density at radius 2 is 1.63 bits per heavy atom. The van der Waals surface area contributed by atoms with Crippen LogP contribution >= 0.6 is 15.9 Å². The van der Waals surface area contributed by atoms with Gasteiger partial charge in [0, 0.05) is 4.47 Å². The van der Waals surface area contributed by atoms with Crippen LogP contribution in [0.25, 0.3) is 5.52 Å². The van der Waals surface area contributed by atoms with Crippen molar-refractivity contribution in [3.8, 4) is 0 Å². The predicted molar refractivity (Wildman–Crippen MR) is 111 cm³/mol. The number of aliphatic hydroxyl groups excluding tert-OH is 1. The topological polar surface area (TPSA) is 37.5 Å². The largest absolute Gasteiger partial charge is 0.387 e. The molecular weight excluding hydrogens is 400 g/mol. The van der Waals surface area contributed by atoms with Crippen LogP contribution in [-0.2, 0) is 0 Å². The van der Waals surface area contributed by atoms with Crippen LogP contribution in [0.1, 0.15) is 73.3 Å². The molecule has 0 bridgehead atoms. The molecule has 0 saturated heterocycles. The van der Waals surface area contributed by atoms with Gasteiger partial charge in [-0.05, 0) is 85.6 Å². The molecule has 2 aliphatic carbocycles. The van der Waals surface area contributed by atoms with Crippen molar-refractivity contribution in [3.63, 3.8) is 0 Å². The van der Waals surface area contributed by atoms with Gasteiger partial charge >= 0.3 is 0 Å². The first kappa shape index (κ1) is 17.4. The van der Waals surface area contributed by atoms with E-state index in [0.29, 0.717) is 17.8 Å². The normalized spacial score (nSPS) is 24.2. The second-order valence-corrected chi connectivity index (χ2v) is 9.16. The van der Waals surface area contributed by atoms with Crippen LogP contribution in [0.5, 0.6) is 0 Å². The highest BCUT2D eigenvalue weighted by molar-refractivity contribution is 9.10. The highest BCUT2D eigenvalue weighted by atomic mass is 79.9. The van der Waals surface area contributed by atoms with E-state index in [9.17, 15) is 5.11 Å². The molecule has 1 N–H and O–H groups in total. The fourth-order valence-electron chi connectivity index (χ4n) is 4.81. The molecule has 2 fully saturated rings. The summed E-state index contributed by atoms with van der Waals surface area (Å²) in [5.41, 5.74) is 4.95. The molecule has 0 spiro atoms. The standard InChI is InChI=1S/C23H25BrN2O/c24-19-9-7-16(8-10-19)15-1-5-18(6-2-15)23(27)22-21(17-3-4-17)12-11-20-13-25-14-26(20)22/h7-15,17-18,23,27H,1-6H2/t15-,18-,23-/m0/s1. The molecule has 2 saturated carbocycles. The smallest absolute Gasteiger partial charge is 0.0995 e. The number of imidazole rings is 1. The van der Waals surface area contributed by atoms with Crippen molar-refractivity contribution in [2.45, 2.75) is 56.5 Å². The molecule has 140 valence electrons. The summed E-state index contributed by atoms with van der Waals surface area (Å²) >= 11 is 3.52. The Morgan fingerprint density at radius 1 is 0.926 bits per heavy atom. The average Bonchev–Trinajstić information content (AvgIpc) is 3.44. The maximum absolute atomic E-state index is 11.4. The quantitative estimate of drug-likeness (QED) is 0.558. The van der Waals surface area contributed by atoms with Gasteiger partial charge in [0.15, 0.2) is 0 Å². The van der Waals surface area contributed by atoms with Crippen LogP contribution < -0.4 is 0 Å². The van der Waals surface area contributed by atoms with Gasteiger partial charge in [-0.3, -0.25) is 0 Å². The second-order valence-electron chi connectivity index (χ2n) is 8.24. The molecule has 3 nitrogen and oxygen atoms in total. The van der Waals surface area contributed by atoms with E-state index < -0.39 is 6.10 Å². The minimum Gasteiger partial charge on any atom is -0.387 e. The molecule has 1 atom stereocenters. The molecule has 3 aromatic rings. The number of fused-ring (bicyclic) bond motifs is 1. The first-order valence-electron chi connectivity index (χ1n) is 10.1. The fourth-order valence-corrected chi connectivity index (χ4v) is 5.07. The zero-order chi connectivity index (χ0) is 18.4. The number of aliphatic hydroxyl groups is 1. The van der Waals surface area contributed by atoms with Gasteiger partial charge in [-0.15, -0.1) is 0 Å². The van der Waals surface area contributed by atoms with Gasteiger partial charge in [0.2, 0.25) is 0 Å². The number of benzene rings is 1. The third-order valence-electron chi connectivity index (χ3n) is 6.51. The first-order valence-corrected chi connectivity index (χ1v) is 10.9. The number of pyridine rings is 1. The molecule has 0 aliphatic heterocycles. The Labute approximate surface area is 168 Å². The Kier molecular flexibility index (Phi) is 4.57.